The zero-order valence-electron chi connectivity index (χ0n) is 8.92. The van der Waals surface area contributed by atoms with Crippen molar-refractivity contribution in [1.82, 2.24) is 0 Å². The number of aliphatic hydroxyl groups is 1. The molecule has 0 saturated heterocycles. The molecule has 14 heavy (non-hydrogen) atoms. The zero-order chi connectivity index (χ0) is 10.2. The molecule has 0 aromatic carbocycles. The Balaban J connectivity index is 1.91. The molecule has 1 aromatic rings. The Morgan fingerprint density at radius 3 is 2.79 bits per heavy atom. The Labute approximate surface area is 89.8 Å². The van der Waals surface area contributed by atoms with Crippen LogP contribution in [-0.2, 0) is 6.42 Å². The van der Waals surface area contributed by atoms with Gasteiger partial charge in [-0.3, -0.25) is 0 Å². The molecule has 1 N–H and O–H groups in total. The summed E-state index contributed by atoms with van der Waals surface area (Å²) < 4.78 is 0. The first-order valence-electron chi connectivity index (χ1n) is 5.27. The zero-order valence-corrected chi connectivity index (χ0v) is 9.73. The van der Waals surface area contributed by atoms with Crippen molar-refractivity contribution >= 4 is 11.3 Å². The standard InChI is InChI=1S/C12H18OS/c1-11(6-7-11)12(2,13)5-3-10-4-8-14-9-10/h4,8-9,13H,3,5-7H2,1-2H3. The maximum absolute atomic E-state index is 10.3. The fraction of sp³-hybridized carbons (Fsp3) is 0.667. The summed E-state index contributed by atoms with van der Waals surface area (Å²) in [5, 5.41) is 14.6. The summed E-state index contributed by atoms with van der Waals surface area (Å²) >= 11 is 1.73. The quantitative estimate of drug-likeness (QED) is 0.809. The van der Waals surface area contributed by atoms with Crippen LogP contribution in [0.1, 0.15) is 38.7 Å². The summed E-state index contributed by atoms with van der Waals surface area (Å²) in [7, 11) is 0. The fourth-order valence-corrected chi connectivity index (χ4v) is 2.55. The van der Waals surface area contributed by atoms with E-state index in [-0.39, 0.29) is 5.41 Å². The molecule has 1 saturated carbocycles. The second kappa shape index (κ2) is 3.35. The van der Waals surface area contributed by atoms with Gasteiger partial charge in [-0.25, -0.2) is 0 Å². The molecule has 1 atom stereocenters. The van der Waals surface area contributed by atoms with Gasteiger partial charge in [0.15, 0.2) is 0 Å². The normalized spacial score (nSPS) is 23.1. The minimum Gasteiger partial charge on any atom is -0.390 e. The molecule has 1 aliphatic rings. The number of aryl methyl sites for hydroxylation is 1. The molecule has 2 heteroatoms. The Kier molecular flexibility index (Phi) is 2.44. The largest absolute Gasteiger partial charge is 0.390 e. The first kappa shape index (κ1) is 10.2. The summed E-state index contributed by atoms with van der Waals surface area (Å²) in [5.41, 5.74) is 1.08. The molecule has 1 fully saturated rings. The van der Waals surface area contributed by atoms with Gasteiger partial charge in [-0.1, -0.05) is 6.92 Å². The van der Waals surface area contributed by atoms with Crippen LogP contribution in [0, 0.1) is 5.41 Å². The lowest BCUT2D eigenvalue weighted by Crippen LogP contribution is -2.34. The smallest absolute Gasteiger partial charge is 0.0676 e. The van der Waals surface area contributed by atoms with E-state index in [0.717, 1.165) is 12.8 Å². The predicted octanol–water partition coefficient (Wildman–Crippen LogP) is 3.23. The monoisotopic (exact) mass is 210 g/mol. The van der Waals surface area contributed by atoms with E-state index < -0.39 is 5.60 Å². The molecular formula is C12H18OS. The third kappa shape index (κ3) is 1.86. The number of rotatable bonds is 4. The van der Waals surface area contributed by atoms with Gasteiger partial charge in [-0.15, -0.1) is 0 Å². The average Bonchev–Trinajstić information content (AvgIpc) is 2.69. The highest BCUT2D eigenvalue weighted by Gasteiger charge is 2.51. The second-order valence-corrected chi connectivity index (χ2v) is 5.75. The Morgan fingerprint density at radius 2 is 2.29 bits per heavy atom. The highest BCUT2D eigenvalue weighted by atomic mass is 32.1. The molecule has 2 rings (SSSR count). The van der Waals surface area contributed by atoms with Crippen LogP contribution >= 0.6 is 11.3 Å². The van der Waals surface area contributed by atoms with E-state index in [1.807, 2.05) is 6.92 Å². The van der Waals surface area contributed by atoms with Crippen LogP contribution in [0.4, 0.5) is 0 Å². The van der Waals surface area contributed by atoms with E-state index >= 15 is 0 Å². The van der Waals surface area contributed by atoms with Gasteiger partial charge in [0, 0.05) is 0 Å². The van der Waals surface area contributed by atoms with E-state index in [1.165, 1.54) is 18.4 Å². The van der Waals surface area contributed by atoms with Crippen LogP contribution in [0.2, 0.25) is 0 Å². The van der Waals surface area contributed by atoms with Crippen LogP contribution in [0.3, 0.4) is 0 Å². The number of thiophene rings is 1. The second-order valence-electron chi connectivity index (χ2n) is 4.97. The summed E-state index contributed by atoms with van der Waals surface area (Å²) in [6.45, 7) is 4.19. The molecule has 1 aliphatic carbocycles. The average molecular weight is 210 g/mol. The van der Waals surface area contributed by atoms with E-state index in [0.29, 0.717) is 0 Å². The lowest BCUT2D eigenvalue weighted by Gasteiger charge is -2.30. The van der Waals surface area contributed by atoms with Gasteiger partial charge in [0.25, 0.3) is 0 Å². The Morgan fingerprint density at radius 1 is 1.57 bits per heavy atom. The first-order chi connectivity index (χ1) is 6.54. The minimum absolute atomic E-state index is 0.197. The molecule has 0 aliphatic heterocycles. The van der Waals surface area contributed by atoms with Gasteiger partial charge >= 0.3 is 0 Å². The van der Waals surface area contributed by atoms with Crippen molar-refractivity contribution in [2.75, 3.05) is 0 Å². The van der Waals surface area contributed by atoms with Crippen LogP contribution in [0.25, 0.3) is 0 Å². The molecule has 78 valence electrons. The fourth-order valence-electron chi connectivity index (χ4n) is 1.85. The van der Waals surface area contributed by atoms with Crippen molar-refractivity contribution in [2.45, 2.75) is 45.1 Å². The van der Waals surface area contributed by atoms with Gasteiger partial charge in [0.2, 0.25) is 0 Å². The van der Waals surface area contributed by atoms with Crippen molar-refractivity contribution in [3.05, 3.63) is 22.4 Å². The molecule has 0 amide bonds. The van der Waals surface area contributed by atoms with Gasteiger partial charge in [0.1, 0.15) is 0 Å². The molecule has 0 spiro atoms. The molecule has 1 unspecified atom stereocenters. The summed E-state index contributed by atoms with van der Waals surface area (Å²) in [4.78, 5) is 0. The van der Waals surface area contributed by atoms with Crippen LogP contribution in [0.15, 0.2) is 16.8 Å². The highest BCUT2D eigenvalue weighted by Crippen LogP contribution is 2.54. The molecule has 1 aromatic heterocycles. The third-order valence-electron chi connectivity index (χ3n) is 3.78. The van der Waals surface area contributed by atoms with Gasteiger partial charge in [0.05, 0.1) is 5.60 Å². The SMILES string of the molecule is CC(O)(CCc1ccsc1)C1(C)CC1. The van der Waals surface area contributed by atoms with Crippen molar-refractivity contribution in [1.29, 1.82) is 0 Å². The minimum atomic E-state index is -0.477. The lowest BCUT2D eigenvalue weighted by atomic mass is 9.83. The summed E-state index contributed by atoms with van der Waals surface area (Å²) in [6.07, 6.45) is 4.26. The number of hydrogen-bond donors (Lipinski definition) is 1. The number of hydrogen-bond acceptors (Lipinski definition) is 2. The van der Waals surface area contributed by atoms with Gasteiger partial charge in [-0.2, -0.15) is 11.3 Å². The summed E-state index contributed by atoms with van der Waals surface area (Å²) in [5.74, 6) is 0. The van der Waals surface area contributed by atoms with Crippen LogP contribution < -0.4 is 0 Å². The topological polar surface area (TPSA) is 20.2 Å². The highest BCUT2D eigenvalue weighted by molar-refractivity contribution is 7.07. The van der Waals surface area contributed by atoms with Crippen molar-refractivity contribution in [3.63, 3.8) is 0 Å². The van der Waals surface area contributed by atoms with E-state index in [9.17, 15) is 5.11 Å². The van der Waals surface area contributed by atoms with E-state index in [1.54, 1.807) is 11.3 Å². The summed E-state index contributed by atoms with van der Waals surface area (Å²) in [6, 6.07) is 2.15. The van der Waals surface area contributed by atoms with Crippen molar-refractivity contribution < 1.29 is 5.11 Å². The molecular weight excluding hydrogens is 192 g/mol. The third-order valence-corrected chi connectivity index (χ3v) is 4.51. The van der Waals surface area contributed by atoms with Crippen molar-refractivity contribution in [3.8, 4) is 0 Å². The Bertz CT molecular complexity index is 296. The van der Waals surface area contributed by atoms with E-state index in [2.05, 4.69) is 23.8 Å². The maximum Gasteiger partial charge on any atom is 0.0676 e. The predicted molar refractivity (Wildman–Crippen MR) is 60.6 cm³/mol. The molecule has 0 bridgehead atoms. The molecule has 1 nitrogen and oxygen atoms in total. The van der Waals surface area contributed by atoms with Crippen LogP contribution in [-0.4, -0.2) is 10.7 Å². The maximum atomic E-state index is 10.3. The van der Waals surface area contributed by atoms with Gasteiger partial charge in [-0.05, 0) is 60.4 Å². The van der Waals surface area contributed by atoms with E-state index in [4.69, 9.17) is 0 Å². The first-order valence-corrected chi connectivity index (χ1v) is 6.21. The lowest BCUT2D eigenvalue weighted by molar-refractivity contribution is -0.0149. The van der Waals surface area contributed by atoms with Gasteiger partial charge < -0.3 is 5.11 Å². The van der Waals surface area contributed by atoms with Crippen LogP contribution in [0.5, 0.6) is 0 Å². The van der Waals surface area contributed by atoms with Crippen molar-refractivity contribution in [2.24, 2.45) is 5.41 Å². The molecule has 0 radical (unpaired) electrons. The Hall–Kier alpha value is -0.340. The molecule has 1 heterocycles.